The van der Waals surface area contributed by atoms with Crippen LogP contribution in [-0.4, -0.2) is 69.4 Å². The Morgan fingerprint density at radius 3 is 1.21 bits per heavy atom. The van der Waals surface area contributed by atoms with Crippen molar-refractivity contribution in [2.75, 3.05) is 40.9 Å². The number of hydrogen-bond donors (Lipinski definition) is 1. The predicted octanol–water partition coefficient (Wildman–Crippen LogP) is 20.7. The quantitative estimate of drug-likeness (QED) is 0.0212. The summed E-state index contributed by atoms with van der Waals surface area (Å²) in [5, 5.41) is 3.04. The molecule has 0 aliphatic heterocycles. The van der Waals surface area contributed by atoms with Crippen LogP contribution in [-0.2, 0) is 27.9 Å². The molecule has 0 rings (SSSR count). The standard InChI is InChI=1S/C71H129N2O7P/c1-7-10-13-16-19-22-25-28-30-31-32-33-34-35-36-37-38-39-40-41-43-45-48-51-54-57-60-63-70(74)72-68(67-79-81(76,77)78-66-65-73(4,5)6)69(62-59-56-53-50-47-44-27-24-21-18-15-12-9-3)80-71(75)64-61-58-55-52-49-46-42-29-26-23-20-17-14-11-8-2/h10,13,19,22-23,26,28,30,32-33,35-36,59,62,68-69H,7-9,11-12,14-18,20-21,24-25,27,29,31,34,37-58,60-61,63-67H2,1-6H3,(H-,72,74,76,77)/b13-10-,22-19-,26-23-,30-28-,33-32-,36-35-,62-59-. The Morgan fingerprint density at radius 2 is 0.790 bits per heavy atom. The lowest BCUT2D eigenvalue weighted by molar-refractivity contribution is -0.870. The third kappa shape index (κ3) is 61.6. The number of allylic oxidation sites excluding steroid dienone is 13. The van der Waals surface area contributed by atoms with Crippen molar-refractivity contribution < 1.29 is 37.3 Å². The van der Waals surface area contributed by atoms with Gasteiger partial charge in [-0.1, -0.05) is 273 Å². The molecule has 1 amide bonds. The van der Waals surface area contributed by atoms with Crippen LogP contribution in [0.15, 0.2) is 85.1 Å². The molecular weight excluding hydrogens is 1020 g/mol. The van der Waals surface area contributed by atoms with Crippen molar-refractivity contribution in [1.82, 2.24) is 5.32 Å². The second kappa shape index (κ2) is 60.3. The van der Waals surface area contributed by atoms with E-state index in [1.807, 2.05) is 33.3 Å². The fourth-order valence-corrected chi connectivity index (χ4v) is 10.3. The summed E-state index contributed by atoms with van der Waals surface area (Å²) in [6, 6.07) is -0.895. The van der Waals surface area contributed by atoms with Gasteiger partial charge in [0, 0.05) is 12.8 Å². The van der Waals surface area contributed by atoms with Crippen molar-refractivity contribution in [3.8, 4) is 0 Å². The van der Waals surface area contributed by atoms with E-state index in [-0.39, 0.29) is 24.9 Å². The summed E-state index contributed by atoms with van der Waals surface area (Å²) in [7, 11) is 1.18. The number of likely N-dealkylation sites (N-methyl/N-ethyl adjacent to an activating group) is 1. The number of phosphoric acid groups is 1. The van der Waals surface area contributed by atoms with Crippen LogP contribution in [0.5, 0.6) is 0 Å². The molecule has 0 fully saturated rings. The lowest BCUT2D eigenvalue weighted by Gasteiger charge is -2.30. The highest BCUT2D eigenvalue weighted by atomic mass is 31.2. The predicted molar refractivity (Wildman–Crippen MR) is 348 cm³/mol. The zero-order valence-corrected chi connectivity index (χ0v) is 54.6. The maximum atomic E-state index is 13.6. The molecule has 0 spiro atoms. The molecule has 0 aromatic rings. The number of unbranched alkanes of at least 4 members (excludes halogenated alkanes) is 33. The molecule has 3 unspecified atom stereocenters. The van der Waals surface area contributed by atoms with Crippen LogP contribution < -0.4 is 10.2 Å². The molecule has 9 nitrogen and oxygen atoms in total. The van der Waals surface area contributed by atoms with Gasteiger partial charge in [-0.25, -0.2) is 0 Å². The molecule has 10 heteroatoms. The molecule has 1 N–H and O–H groups in total. The molecule has 0 radical (unpaired) electrons. The number of ether oxygens (including phenoxy) is 1. The first-order valence-corrected chi connectivity index (χ1v) is 35.4. The first kappa shape index (κ1) is 78.2. The van der Waals surface area contributed by atoms with E-state index in [1.165, 1.54) is 154 Å². The van der Waals surface area contributed by atoms with Gasteiger partial charge in [0.15, 0.2) is 0 Å². The lowest BCUT2D eigenvalue weighted by Crippen LogP contribution is -2.47. The third-order valence-corrected chi connectivity index (χ3v) is 15.8. The molecule has 0 aromatic heterocycles. The number of quaternary nitrogens is 1. The summed E-state index contributed by atoms with van der Waals surface area (Å²) in [5.74, 6) is -0.545. The van der Waals surface area contributed by atoms with Crippen LogP contribution in [0.4, 0.5) is 0 Å². The first-order chi connectivity index (χ1) is 39.4. The molecule has 81 heavy (non-hydrogen) atoms. The number of amides is 1. The maximum absolute atomic E-state index is 13.6. The minimum atomic E-state index is -4.71. The van der Waals surface area contributed by atoms with Gasteiger partial charge in [-0.2, -0.15) is 0 Å². The molecule has 0 aromatic carbocycles. The van der Waals surface area contributed by atoms with Crippen molar-refractivity contribution in [3.63, 3.8) is 0 Å². The number of carbonyl (C=O) groups excluding carboxylic acids is 2. The van der Waals surface area contributed by atoms with E-state index in [4.69, 9.17) is 13.8 Å². The van der Waals surface area contributed by atoms with Crippen LogP contribution in [0.25, 0.3) is 0 Å². The van der Waals surface area contributed by atoms with Gasteiger partial charge in [0.2, 0.25) is 5.91 Å². The molecule has 0 aliphatic rings. The van der Waals surface area contributed by atoms with Crippen molar-refractivity contribution in [2.24, 2.45) is 0 Å². The monoisotopic (exact) mass is 1150 g/mol. The number of rotatable bonds is 61. The largest absolute Gasteiger partial charge is 0.756 e. The fourth-order valence-electron chi connectivity index (χ4n) is 9.60. The maximum Gasteiger partial charge on any atom is 0.306 e. The first-order valence-electron chi connectivity index (χ1n) is 33.9. The average molecular weight is 1150 g/mol. The molecule has 0 bridgehead atoms. The fraction of sp³-hybridized carbons (Fsp3) is 0.775. The Balaban J connectivity index is 5.10. The van der Waals surface area contributed by atoms with E-state index in [2.05, 4.69) is 99.0 Å². The van der Waals surface area contributed by atoms with Crippen LogP contribution in [0, 0.1) is 0 Å². The second-order valence-corrected chi connectivity index (χ2v) is 25.4. The van der Waals surface area contributed by atoms with E-state index in [0.29, 0.717) is 17.4 Å². The van der Waals surface area contributed by atoms with Crippen LogP contribution in [0.3, 0.4) is 0 Å². The molecule has 0 saturated heterocycles. The average Bonchev–Trinajstić information content (AvgIpc) is 3.44. The molecular formula is C71H129N2O7P. The SMILES string of the molecule is CC/C=C\C/C=C\C/C=C\C/C=C\C/C=C\CCCCCCCCCCCCCC(=O)NC(COP(=O)([O-])OCC[N+](C)(C)C)C(/C=C\CCCCCCCCCCCCC)OC(=O)CCCCCCCCC/C=C\CCCCCC. The smallest absolute Gasteiger partial charge is 0.306 e. The summed E-state index contributed by atoms with van der Waals surface area (Å²) in [6.45, 7) is 6.73. The summed E-state index contributed by atoms with van der Waals surface area (Å²) in [4.78, 5) is 40.1. The van der Waals surface area contributed by atoms with Crippen molar-refractivity contribution >= 4 is 19.7 Å². The number of carbonyl (C=O) groups is 2. The molecule has 0 saturated carbocycles. The normalized spacial score (nSPS) is 14.1. The van der Waals surface area contributed by atoms with Gasteiger partial charge in [0.1, 0.15) is 19.3 Å². The van der Waals surface area contributed by atoms with Gasteiger partial charge >= 0.3 is 5.97 Å². The molecule has 0 heterocycles. The highest BCUT2D eigenvalue weighted by Crippen LogP contribution is 2.38. The Bertz CT molecular complexity index is 1660. The van der Waals surface area contributed by atoms with E-state index >= 15 is 0 Å². The number of nitrogens with one attached hydrogen (secondary N) is 1. The number of hydrogen-bond acceptors (Lipinski definition) is 7. The lowest BCUT2D eigenvalue weighted by atomic mass is 10.0. The van der Waals surface area contributed by atoms with Gasteiger partial charge in [-0.15, -0.1) is 0 Å². The van der Waals surface area contributed by atoms with Crippen LogP contribution in [0.2, 0.25) is 0 Å². The van der Waals surface area contributed by atoms with Gasteiger partial charge < -0.3 is 28.5 Å². The Labute approximate surface area is 501 Å². The molecule has 470 valence electrons. The van der Waals surface area contributed by atoms with Crippen molar-refractivity contribution in [2.45, 2.75) is 315 Å². The molecule has 3 atom stereocenters. The van der Waals surface area contributed by atoms with Gasteiger partial charge in [0.05, 0.1) is 33.8 Å². The zero-order chi connectivity index (χ0) is 59.3. The third-order valence-electron chi connectivity index (χ3n) is 14.8. The van der Waals surface area contributed by atoms with Gasteiger partial charge in [-0.3, -0.25) is 14.2 Å². The van der Waals surface area contributed by atoms with E-state index in [9.17, 15) is 19.0 Å². The Morgan fingerprint density at radius 1 is 0.444 bits per heavy atom. The highest BCUT2D eigenvalue weighted by Gasteiger charge is 2.27. The molecule has 0 aliphatic carbocycles. The summed E-state index contributed by atoms with van der Waals surface area (Å²) >= 11 is 0. The van der Waals surface area contributed by atoms with Crippen molar-refractivity contribution in [3.05, 3.63) is 85.1 Å². The minimum absolute atomic E-state index is 0.0256. The number of esters is 1. The number of phosphoric ester groups is 1. The van der Waals surface area contributed by atoms with E-state index in [1.54, 1.807) is 0 Å². The minimum Gasteiger partial charge on any atom is -0.756 e. The van der Waals surface area contributed by atoms with Crippen LogP contribution >= 0.6 is 7.82 Å². The Kier molecular flexibility index (Phi) is 58.2. The van der Waals surface area contributed by atoms with Crippen LogP contribution in [0.1, 0.15) is 303 Å². The highest BCUT2D eigenvalue weighted by molar-refractivity contribution is 7.45. The van der Waals surface area contributed by atoms with Crippen molar-refractivity contribution in [1.29, 1.82) is 0 Å². The Hall–Kier alpha value is -2.81. The summed E-state index contributed by atoms with van der Waals surface area (Å²) < 4.78 is 30.4. The van der Waals surface area contributed by atoms with Gasteiger partial charge in [0.25, 0.3) is 7.82 Å². The summed E-state index contributed by atoms with van der Waals surface area (Å²) in [5.41, 5.74) is 0. The van der Waals surface area contributed by atoms with E-state index < -0.39 is 26.6 Å². The zero-order valence-electron chi connectivity index (χ0n) is 53.7. The summed E-state index contributed by atoms with van der Waals surface area (Å²) in [6.07, 6.45) is 79.8. The second-order valence-electron chi connectivity index (χ2n) is 23.9. The topological polar surface area (TPSA) is 114 Å². The number of nitrogens with zero attached hydrogens (tertiary/aromatic N) is 1. The van der Waals surface area contributed by atoms with Gasteiger partial charge in [-0.05, 0) is 102 Å². The van der Waals surface area contributed by atoms with E-state index in [0.717, 1.165) is 116 Å².